The molecule has 26 heavy (non-hydrogen) atoms. The van der Waals surface area contributed by atoms with Crippen molar-refractivity contribution in [3.63, 3.8) is 0 Å². The molecule has 10 nitrogen and oxygen atoms in total. The smallest absolute Gasteiger partial charge is 0.548 e. The summed E-state index contributed by atoms with van der Waals surface area (Å²) >= 11 is 0. The molecule has 136 valence electrons. The molecule has 1 fully saturated rings. The fraction of sp³-hybridized carbons (Fsp3) is 0.429. The van der Waals surface area contributed by atoms with E-state index in [4.69, 9.17) is 9.29 Å². The molecule has 0 aromatic heterocycles. The van der Waals surface area contributed by atoms with Gasteiger partial charge in [0.1, 0.15) is 11.8 Å². The largest absolute Gasteiger partial charge is 1.00 e. The molecule has 1 aromatic rings. The van der Waals surface area contributed by atoms with Crippen LogP contribution in [0.5, 0.6) is 5.75 Å². The summed E-state index contributed by atoms with van der Waals surface area (Å²) in [7, 11) is -4.97. The first-order valence-electron chi connectivity index (χ1n) is 7.48. The van der Waals surface area contributed by atoms with Gasteiger partial charge in [-0.15, -0.1) is 4.28 Å². The summed E-state index contributed by atoms with van der Waals surface area (Å²) in [5.41, 5.74) is 0.565. The summed E-state index contributed by atoms with van der Waals surface area (Å²) in [5.74, 6) is -1.21. The van der Waals surface area contributed by atoms with Crippen molar-refractivity contribution in [2.75, 3.05) is 13.2 Å². The molecule has 2 amide bonds. The molecular weight excluding hydrogens is 379 g/mol. The molecule has 0 radical (unpaired) electrons. The topological polar surface area (TPSA) is 137 Å². The molecule has 1 aromatic carbocycles. The van der Waals surface area contributed by atoms with Crippen molar-refractivity contribution < 1.29 is 66.2 Å². The third-order valence-electron chi connectivity index (χ3n) is 3.99. The Labute approximate surface area is 171 Å². The van der Waals surface area contributed by atoms with Gasteiger partial charge >= 0.3 is 46.0 Å². The number of rotatable bonds is 6. The fourth-order valence-corrected chi connectivity index (χ4v) is 3.49. The van der Waals surface area contributed by atoms with Crippen LogP contribution in [0.4, 0.5) is 4.79 Å². The number of benzene rings is 1. The molecule has 2 bridgehead atoms. The van der Waals surface area contributed by atoms with Crippen molar-refractivity contribution in [2.45, 2.75) is 25.4 Å². The van der Waals surface area contributed by atoms with Crippen molar-refractivity contribution in [2.24, 2.45) is 0 Å². The number of fused-ring (bicyclic) bond motifs is 4. The van der Waals surface area contributed by atoms with Gasteiger partial charge in [0.05, 0.1) is 25.2 Å². The maximum absolute atomic E-state index is 12.4. The minimum atomic E-state index is -4.97. The number of carbonyl (C=O) groups is 2. The fourth-order valence-electron chi connectivity index (χ4n) is 3.12. The van der Waals surface area contributed by atoms with Crippen molar-refractivity contribution in [1.29, 1.82) is 0 Å². The molecule has 0 saturated carbocycles. The summed E-state index contributed by atoms with van der Waals surface area (Å²) in [6, 6.07) is 1.29. The Morgan fingerprint density at radius 2 is 2.12 bits per heavy atom. The van der Waals surface area contributed by atoms with Crippen LogP contribution in [-0.2, 0) is 19.5 Å². The number of carbonyl (C=O) groups excluding carboxylic acids is 2. The standard InChI is InChI=1S/C14H16N2O8S.Na/c1-2-6-23-10-5-3-4-8-11(10)9-7-15(12(8)13(17)18)14(19)16(9)24-25(20,21)22;/h3-5,9,12H,2,6-7H2,1H3,(H,17,18)(H,20,21,22);/q;+1/p-1/t9-,12+;/m0./s1. The number of hydrogen-bond donors (Lipinski definition) is 1. The summed E-state index contributed by atoms with van der Waals surface area (Å²) in [4.78, 5) is 24.9. The van der Waals surface area contributed by atoms with Crippen molar-refractivity contribution in [1.82, 2.24) is 9.96 Å². The van der Waals surface area contributed by atoms with Gasteiger partial charge in [0.25, 0.3) is 0 Å². The first-order chi connectivity index (χ1) is 11.7. The molecule has 0 aliphatic carbocycles. The SMILES string of the molecule is CCCOc1cccc2c1[C@@H]1CN(C(=O)N1OS(=O)(=O)O)[C@H]2C(=O)[O-].[Na+]. The monoisotopic (exact) mass is 394 g/mol. The number of urea groups is 1. The van der Waals surface area contributed by atoms with E-state index in [9.17, 15) is 23.1 Å². The van der Waals surface area contributed by atoms with Crippen LogP contribution < -0.4 is 39.4 Å². The average molecular weight is 394 g/mol. The number of ether oxygens (including phenoxy) is 1. The van der Waals surface area contributed by atoms with Crippen LogP contribution in [0.25, 0.3) is 0 Å². The van der Waals surface area contributed by atoms with E-state index in [2.05, 4.69) is 4.28 Å². The van der Waals surface area contributed by atoms with Crippen LogP contribution >= 0.6 is 0 Å². The van der Waals surface area contributed by atoms with Gasteiger partial charge in [-0.2, -0.15) is 13.5 Å². The predicted molar refractivity (Wildman–Crippen MR) is 79.3 cm³/mol. The van der Waals surface area contributed by atoms with Gasteiger partial charge < -0.3 is 19.5 Å². The van der Waals surface area contributed by atoms with Crippen LogP contribution in [0.1, 0.15) is 36.6 Å². The van der Waals surface area contributed by atoms with E-state index in [0.29, 0.717) is 29.4 Å². The van der Waals surface area contributed by atoms with Gasteiger partial charge in [0.2, 0.25) is 0 Å². The third-order valence-corrected chi connectivity index (χ3v) is 4.33. The van der Waals surface area contributed by atoms with Gasteiger partial charge in [-0.3, -0.25) is 4.55 Å². The Kier molecular flexibility index (Phi) is 6.20. The second kappa shape index (κ2) is 7.71. The molecular formula is C14H15N2NaO8S. The maximum atomic E-state index is 12.4. The van der Waals surface area contributed by atoms with E-state index >= 15 is 0 Å². The second-order valence-electron chi connectivity index (χ2n) is 5.61. The van der Waals surface area contributed by atoms with E-state index < -0.39 is 34.5 Å². The van der Waals surface area contributed by atoms with Crippen LogP contribution in [0.2, 0.25) is 0 Å². The Hall–Kier alpha value is -1.37. The van der Waals surface area contributed by atoms with Crippen molar-refractivity contribution in [3.8, 4) is 5.75 Å². The summed E-state index contributed by atoms with van der Waals surface area (Å²) in [5, 5.41) is 12.0. The normalized spacial score (nSPS) is 21.2. The van der Waals surface area contributed by atoms with Crippen molar-refractivity contribution >= 4 is 22.4 Å². The first kappa shape index (κ1) is 20.9. The Bertz CT molecular complexity index is 830. The van der Waals surface area contributed by atoms with E-state index in [0.717, 1.165) is 4.90 Å². The molecule has 2 aliphatic heterocycles. The molecule has 2 aliphatic rings. The van der Waals surface area contributed by atoms with Gasteiger partial charge in [-0.05, 0) is 18.1 Å². The van der Waals surface area contributed by atoms with E-state index in [1.54, 1.807) is 12.1 Å². The molecule has 12 heteroatoms. The van der Waals surface area contributed by atoms with Gasteiger partial charge in [0.15, 0.2) is 0 Å². The van der Waals surface area contributed by atoms with Crippen LogP contribution in [-0.4, -0.2) is 48.1 Å². The van der Waals surface area contributed by atoms with Crippen molar-refractivity contribution in [3.05, 3.63) is 29.3 Å². The van der Waals surface area contributed by atoms with Crippen LogP contribution in [0.3, 0.4) is 0 Å². The minimum Gasteiger partial charge on any atom is -0.548 e. The Morgan fingerprint density at radius 3 is 2.69 bits per heavy atom. The maximum Gasteiger partial charge on any atom is 1.00 e. The zero-order valence-corrected chi connectivity index (χ0v) is 16.9. The Morgan fingerprint density at radius 1 is 1.42 bits per heavy atom. The second-order valence-corrected chi connectivity index (χ2v) is 6.61. The molecule has 1 saturated heterocycles. The van der Waals surface area contributed by atoms with Crippen LogP contribution in [0.15, 0.2) is 18.2 Å². The van der Waals surface area contributed by atoms with E-state index in [1.807, 2.05) is 6.92 Å². The predicted octanol–water partition coefficient (Wildman–Crippen LogP) is -3.20. The quantitative estimate of drug-likeness (QED) is 0.393. The third kappa shape index (κ3) is 3.68. The number of hydrogen-bond acceptors (Lipinski definition) is 7. The van der Waals surface area contributed by atoms with Gasteiger partial charge in [0, 0.05) is 5.56 Å². The molecule has 0 unspecified atom stereocenters. The molecule has 1 N–H and O–H groups in total. The zero-order valence-electron chi connectivity index (χ0n) is 14.1. The summed E-state index contributed by atoms with van der Waals surface area (Å²) < 4.78 is 41.0. The minimum absolute atomic E-state index is 0. The summed E-state index contributed by atoms with van der Waals surface area (Å²) in [6.45, 7) is 2.08. The van der Waals surface area contributed by atoms with E-state index in [-0.39, 0.29) is 41.7 Å². The van der Waals surface area contributed by atoms with Gasteiger partial charge in [-0.25, -0.2) is 4.79 Å². The molecule has 2 heterocycles. The molecule has 0 spiro atoms. The van der Waals surface area contributed by atoms with Crippen LogP contribution in [0, 0.1) is 0 Å². The number of hydroxylamine groups is 2. The van der Waals surface area contributed by atoms with Gasteiger partial charge in [-0.1, -0.05) is 19.1 Å². The zero-order chi connectivity index (χ0) is 18.4. The number of carboxylic acids is 1. The number of nitrogens with zero attached hydrogens (tertiary/aromatic N) is 2. The first-order valence-corrected chi connectivity index (χ1v) is 8.84. The Balaban J connectivity index is 0.00000243. The summed E-state index contributed by atoms with van der Waals surface area (Å²) in [6.07, 6.45) is 0.689. The average Bonchev–Trinajstić information content (AvgIpc) is 2.77. The van der Waals surface area contributed by atoms with E-state index in [1.165, 1.54) is 6.07 Å². The number of amides is 2. The number of aliphatic carboxylic acids is 1. The number of carboxylic acid groups (broad SMARTS) is 1. The molecule has 2 atom stereocenters. The molecule has 3 rings (SSSR count).